The van der Waals surface area contributed by atoms with Crippen LogP contribution < -0.4 is 9.47 Å². The highest BCUT2D eigenvalue weighted by Gasteiger charge is 2.31. The molecule has 0 bridgehead atoms. The van der Waals surface area contributed by atoms with Gasteiger partial charge in [0.2, 0.25) is 0 Å². The molecule has 1 aromatic heterocycles. The van der Waals surface area contributed by atoms with Gasteiger partial charge in [-0.2, -0.15) is 0 Å². The second-order valence-corrected chi connectivity index (χ2v) is 8.43. The van der Waals surface area contributed by atoms with Crippen molar-refractivity contribution in [2.45, 2.75) is 39.3 Å². The molecule has 156 valence electrons. The second kappa shape index (κ2) is 8.88. The number of ether oxygens (including phenoxy) is 2. The quantitative estimate of drug-likeness (QED) is 0.539. The molecule has 0 saturated carbocycles. The molecule has 3 aromatic rings. The van der Waals surface area contributed by atoms with Gasteiger partial charge in [0.15, 0.2) is 11.5 Å². The predicted octanol–water partition coefficient (Wildman–Crippen LogP) is 5.32. The second-order valence-electron chi connectivity index (χ2n) is 7.71. The highest BCUT2D eigenvalue weighted by molar-refractivity contribution is 7.07. The highest BCUT2D eigenvalue weighted by atomic mass is 32.1. The van der Waals surface area contributed by atoms with Crippen molar-refractivity contribution in [1.82, 2.24) is 9.88 Å². The number of aromatic nitrogens is 1. The minimum absolute atomic E-state index is 0.0287. The predicted molar refractivity (Wildman–Crippen MR) is 118 cm³/mol. The van der Waals surface area contributed by atoms with Crippen LogP contribution in [-0.2, 0) is 6.61 Å². The zero-order chi connectivity index (χ0) is 21.1. The fourth-order valence-electron chi connectivity index (χ4n) is 4.10. The summed E-state index contributed by atoms with van der Waals surface area (Å²) in [4.78, 5) is 19.6. The number of likely N-dealkylation sites (tertiary alicyclic amines) is 1. The van der Waals surface area contributed by atoms with Crippen molar-refractivity contribution >= 4 is 17.2 Å². The van der Waals surface area contributed by atoms with Crippen LogP contribution in [0.3, 0.4) is 0 Å². The number of hydrogen-bond acceptors (Lipinski definition) is 5. The van der Waals surface area contributed by atoms with E-state index in [0.717, 1.165) is 25.1 Å². The lowest BCUT2D eigenvalue weighted by Crippen LogP contribution is -2.30. The Balaban J connectivity index is 1.54. The maximum absolute atomic E-state index is 13.3. The van der Waals surface area contributed by atoms with Crippen molar-refractivity contribution in [3.63, 3.8) is 0 Å². The molecule has 2 aromatic carbocycles. The first kappa shape index (κ1) is 20.4. The summed E-state index contributed by atoms with van der Waals surface area (Å²) in [7, 11) is 1.59. The minimum atomic E-state index is 0.0287. The molecule has 30 heavy (non-hydrogen) atoms. The van der Waals surface area contributed by atoms with Gasteiger partial charge in [0.25, 0.3) is 5.91 Å². The summed E-state index contributed by atoms with van der Waals surface area (Å²) in [6, 6.07) is 12.1. The molecule has 0 aliphatic carbocycles. The summed E-state index contributed by atoms with van der Waals surface area (Å²) in [5, 5.41) is 1.95. The molecular formula is C24H26N2O3S. The van der Waals surface area contributed by atoms with Crippen molar-refractivity contribution < 1.29 is 14.3 Å². The fraction of sp³-hybridized carbons (Fsp3) is 0.333. The van der Waals surface area contributed by atoms with Gasteiger partial charge in [0, 0.05) is 17.5 Å². The summed E-state index contributed by atoms with van der Waals surface area (Å²) >= 11 is 1.53. The number of rotatable bonds is 6. The van der Waals surface area contributed by atoms with Crippen LogP contribution in [0.25, 0.3) is 0 Å². The molecule has 0 radical (unpaired) electrons. The minimum Gasteiger partial charge on any atom is -0.493 e. The van der Waals surface area contributed by atoms with Gasteiger partial charge in [-0.3, -0.25) is 4.79 Å². The third kappa shape index (κ3) is 4.33. The van der Waals surface area contributed by atoms with Gasteiger partial charge in [-0.1, -0.05) is 29.3 Å². The monoisotopic (exact) mass is 422 g/mol. The van der Waals surface area contributed by atoms with Crippen LogP contribution in [0.15, 0.2) is 47.3 Å². The van der Waals surface area contributed by atoms with Crippen LogP contribution in [0.2, 0.25) is 0 Å². The fourth-order valence-corrected chi connectivity index (χ4v) is 4.65. The smallest absolute Gasteiger partial charge is 0.254 e. The average Bonchev–Trinajstić information content (AvgIpc) is 3.43. The molecule has 4 rings (SSSR count). The maximum Gasteiger partial charge on any atom is 0.254 e. The molecule has 1 aliphatic heterocycles. The summed E-state index contributed by atoms with van der Waals surface area (Å²) in [5.74, 6) is 1.19. The van der Waals surface area contributed by atoms with Crippen molar-refractivity contribution in [1.29, 1.82) is 0 Å². The standard InChI is InChI=1S/C24H26N2O3S/c1-16-9-17(2)11-19(10-16)21-5-4-8-26(21)24(27)18-6-7-22(23(12-18)28-3)29-13-20-14-30-15-25-20/h6-7,9-12,14-15,21H,4-5,8,13H2,1-3H3. The molecule has 1 aliphatic rings. The van der Waals surface area contributed by atoms with E-state index in [1.165, 1.54) is 28.0 Å². The lowest BCUT2D eigenvalue weighted by atomic mass is 9.99. The van der Waals surface area contributed by atoms with Crippen LogP contribution >= 0.6 is 11.3 Å². The third-order valence-electron chi connectivity index (χ3n) is 5.41. The molecule has 1 amide bonds. The van der Waals surface area contributed by atoms with E-state index < -0.39 is 0 Å². The number of benzene rings is 2. The Morgan fingerprint density at radius 2 is 1.97 bits per heavy atom. The SMILES string of the molecule is COc1cc(C(=O)N2CCCC2c2cc(C)cc(C)c2)ccc1OCc1cscn1. The van der Waals surface area contributed by atoms with Crippen LogP contribution in [-0.4, -0.2) is 29.4 Å². The van der Waals surface area contributed by atoms with E-state index in [1.54, 1.807) is 24.8 Å². The Bertz CT molecular complexity index is 1010. The van der Waals surface area contributed by atoms with Gasteiger partial charge in [0.05, 0.1) is 24.4 Å². The van der Waals surface area contributed by atoms with Crippen molar-refractivity contribution in [3.05, 3.63) is 75.2 Å². The van der Waals surface area contributed by atoms with E-state index in [1.807, 2.05) is 16.3 Å². The average molecular weight is 423 g/mol. The molecule has 6 heteroatoms. The number of amides is 1. The lowest BCUT2D eigenvalue weighted by Gasteiger charge is -2.26. The van der Waals surface area contributed by atoms with Crippen LogP contribution in [0.4, 0.5) is 0 Å². The van der Waals surface area contributed by atoms with Gasteiger partial charge in [-0.15, -0.1) is 11.3 Å². The van der Waals surface area contributed by atoms with Crippen molar-refractivity contribution in [3.8, 4) is 11.5 Å². The van der Waals surface area contributed by atoms with Crippen LogP contribution in [0, 0.1) is 13.8 Å². The molecule has 1 fully saturated rings. The van der Waals surface area contributed by atoms with Crippen LogP contribution in [0.5, 0.6) is 11.5 Å². The van der Waals surface area contributed by atoms with Crippen molar-refractivity contribution in [2.24, 2.45) is 0 Å². The van der Waals surface area contributed by atoms with E-state index in [2.05, 4.69) is 37.0 Å². The lowest BCUT2D eigenvalue weighted by molar-refractivity contribution is 0.0735. The number of carbonyl (C=O) groups is 1. The van der Waals surface area contributed by atoms with E-state index >= 15 is 0 Å². The van der Waals surface area contributed by atoms with Crippen molar-refractivity contribution in [2.75, 3.05) is 13.7 Å². The van der Waals surface area contributed by atoms with Gasteiger partial charge in [-0.05, 0) is 50.5 Å². The normalized spacial score (nSPS) is 16.0. The molecule has 1 unspecified atom stereocenters. The largest absolute Gasteiger partial charge is 0.493 e. The zero-order valence-electron chi connectivity index (χ0n) is 17.6. The summed E-state index contributed by atoms with van der Waals surface area (Å²) < 4.78 is 11.3. The Kier molecular flexibility index (Phi) is 6.04. The number of methoxy groups -OCH3 is 1. The molecule has 1 saturated heterocycles. The highest BCUT2D eigenvalue weighted by Crippen LogP contribution is 2.36. The third-order valence-corrected chi connectivity index (χ3v) is 6.05. The Morgan fingerprint density at radius 1 is 1.17 bits per heavy atom. The van der Waals surface area contributed by atoms with Crippen LogP contribution in [0.1, 0.15) is 51.6 Å². The number of nitrogens with zero attached hydrogens (tertiary/aromatic N) is 2. The molecule has 0 spiro atoms. The molecule has 1 atom stereocenters. The van der Waals surface area contributed by atoms with Gasteiger partial charge in [0.1, 0.15) is 6.61 Å². The topological polar surface area (TPSA) is 51.7 Å². The number of thiazole rings is 1. The molecule has 2 heterocycles. The summed E-state index contributed by atoms with van der Waals surface area (Å²) in [6.07, 6.45) is 2.00. The zero-order valence-corrected chi connectivity index (χ0v) is 18.4. The van der Waals surface area contributed by atoms with E-state index in [9.17, 15) is 4.79 Å². The number of aryl methyl sites for hydroxylation is 2. The first-order valence-electron chi connectivity index (χ1n) is 10.1. The van der Waals surface area contributed by atoms with E-state index in [-0.39, 0.29) is 11.9 Å². The van der Waals surface area contributed by atoms with Gasteiger partial charge >= 0.3 is 0 Å². The van der Waals surface area contributed by atoms with Gasteiger partial charge < -0.3 is 14.4 Å². The maximum atomic E-state index is 13.3. The molecule has 5 nitrogen and oxygen atoms in total. The summed E-state index contributed by atoms with van der Waals surface area (Å²) in [6.45, 7) is 5.34. The number of carbonyl (C=O) groups excluding carboxylic acids is 1. The Hall–Kier alpha value is -2.86. The first-order chi connectivity index (χ1) is 14.5. The molecule has 0 N–H and O–H groups in total. The molecular weight excluding hydrogens is 396 g/mol. The van der Waals surface area contributed by atoms with E-state index in [4.69, 9.17) is 9.47 Å². The summed E-state index contributed by atoms with van der Waals surface area (Å²) in [5.41, 5.74) is 6.94. The Labute approximate surface area is 181 Å². The van der Waals surface area contributed by atoms with E-state index in [0.29, 0.717) is 23.7 Å². The number of hydrogen-bond donors (Lipinski definition) is 0. The van der Waals surface area contributed by atoms with Gasteiger partial charge in [-0.25, -0.2) is 4.98 Å². The Morgan fingerprint density at radius 3 is 2.67 bits per heavy atom. The first-order valence-corrected chi connectivity index (χ1v) is 11.1.